The number of piperazine rings is 1. The molecule has 6 atom stereocenters. The molecule has 11 rings (SSSR count). The van der Waals surface area contributed by atoms with Gasteiger partial charge in [0, 0.05) is 98.7 Å². The van der Waals surface area contributed by atoms with E-state index in [2.05, 4.69) is 66.8 Å². The number of methoxy groups -OCH3 is 1. The molecule has 0 spiro atoms. The zero-order valence-electron chi connectivity index (χ0n) is 47.8. The lowest BCUT2D eigenvalue weighted by Gasteiger charge is -2.48. The molecule has 5 aliphatic heterocycles. The lowest BCUT2D eigenvalue weighted by Crippen LogP contribution is -2.58. The van der Waals surface area contributed by atoms with Crippen molar-refractivity contribution in [1.29, 1.82) is 0 Å². The highest BCUT2D eigenvalue weighted by atomic mass is 31.2. The summed E-state index contributed by atoms with van der Waals surface area (Å²) >= 11 is 0. The maximum atomic E-state index is 14.2. The normalized spacial score (nSPS) is 24.0. The molecule has 2 unspecified atom stereocenters. The third-order valence-electron chi connectivity index (χ3n) is 16.5. The lowest BCUT2D eigenvalue weighted by molar-refractivity contribution is -0.161. The third-order valence-corrected chi connectivity index (χ3v) is 17.1. The van der Waals surface area contributed by atoms with Crippen molar-refractivity contribution in [3.05, 3.63) is 101 Å². The molecule has 1 aromatic carbocycles. The van der Waals surface area contributed by atoms with Crippen molar-refractivity contribution in [2.45, 2.75) is 123 Å². The molecule has 416 valence electrons. The van der Waals surface area contributed by atoms with Crippen LogP contribution in [0.25, 0.3) is 11.1 Å². The second-order valence-electron chi connectivity index (χ2n) is 22.4. The zero-order valence-corrected chi connectivity index (χ0v) is 45.7. The van der Waals surface area contributed by atoms with Gasteiger partial charge in [-0.3, -0.25) is 48.1 Å². The number of rotatable bonds is 13. The number of nitrogens with one attached hydrogen (secondary N) is 1. The number of fused-ring (bicyclic) bond motifs is 4. The Balaban J connectivity index is 0.737. The SMILES string of the molecule is [2H]C([2H])([2H])Oc1ncc(-c2ccnc(N3CCn4c(cc5c4CC(C)(C)C5)C3=O)c2[C@@H](C)O)cc1Nc1ccc(N2CCN(C3CCN(c4ccc5c(c4)C(=O)N([C@H]4CCC(=O)N(C(C)OP(=O)(O)O)C4=O)C5=O)[C@@H](C)C3)C[C@@H]2C)cn1. The number of hydrogen-bond donors (Lipinski definition) is 4. The Hall–Kier alpha value is -7.07. The number of piperidine rings is 2. The molecular weight excluding hydrogens is 1030 g/mol. The number of aromatic nitrogens is 4. The van der Waals surface area contributed by atoms with Crippen molar-refractivity contribution < 1.29 is 56.8 Å². The summed E-state index contributed by atoms with van der Waals surface area (Å²) in [4.78, 5) is 111. The number of amides is 5. The van der Waals surface area contributed by atoms with Gasteiger partial charge in [0.25, 0.3) is 23.6 Å². The van der Waals surface area contributed by atoms with Crippen LogP contribution in [0.1, 0.15) is 125 Å². The molecule has 5 aromatic rings. The zero-order chi connectivity index (χ0) is 58.5. The van der Waals surface area contributed by atoms with Crippen molar-refractivity contribution in [2.75, 3.05) is 59.8 Å². The number of phosphoric ester groups is 1. The lowest BCUT2D eigenvalue weighted by atomic mass is 9.90. The summed E-state index contributed by atoms with van der Waals surface area (Å²) in [6.45, 7) is 15.4. The highest BCUT2D eigenvalue weighted by Gasteiger charge is 2.49. The number of anilines is 5. The minimum atomic E-state index is -5.08. The average Bonchev–Trinajstić information content (AvgIpc) is 4.04. The van der Waals surface area contributed by atoms with Gasteiger partial charge in [0.15, 0.2) is 0 Å². The fourth-order valence-corrected chi connectivity index (χ4v) is 13.4. The topological polar surface area (TPSA) is 257 Å². The van der Waals surface area contributed by atoms with Crippen molar-refractivity contribution in [2.24, 2.45) is 5.41 Å². The van der Waals surface area contributed by atoms with Crippen LogP contribution in [-0.2, 0) is 38.1 Å². The number of phosphoric acid groups is 1. The van der Waals surface area contributed by atoms with Crippen LogP contribution in [0, 0.1) is 5.41 Å². The van der Waals surface area contributed by atoms with Crippen LogP contribution in [0.4, 0.5) is 28.7 Å². The van der Waals surface area contributed by atoms with Crippen molar-refractivity contribution >= 4 is 66.1 Å². The Morgan fingerprint density at radius 2 is 1.59 bits per heavy atom. The predicted octanol–water partition coefficient (Wildman–Crippen LogP) is 6.07. The molecule has 0 radical (unpaired) electrons. The molecule has 1 aliphatic carbocycles. The number of pyridine rings is 3. The third kappa shape index (κ3) is 9.96. The number of carbonyl (C=O) groups excluding carboxylic acids is 5. The maximum absolute atomic E-state index is 14.2. The summed E-state index contributed by atoms with van der Waals surface area (Å²) in [7, 11) is -7.90. The van der Waals surface area contributed by atoms with Crippen LogP contribution >= 0.6 is 7.82 Å². The van der Waals surface area contributed by atoms with Gasteiger partial charge in [-0.1, -0.05) is 13.8 Å². The van der Waals surface area contributed by atoms with Crippen molar-refractivity contribution in [1.82, 2.24) is 34.2 Å². The Bertz CT molecular complexity index is 3460. The molecule has 9 heterocycles. The Kier molecular flexibility index (Phi) is 13.0. The van der Waals surface area contributed by atoms with Gasteiger partial charge < -0.3 is 39.3 Å². The number of aliphatic hydroxyl groups excluding tert-OH is 1. The van der Waals surface area contributed by atoms with Crippen LogP contribution in [-0.4, -0.2) is 149 Å². The van der Waals surface area contributed by atoms with E-state index >= 15 is 0 Å². The number of carbonyl (C=O) groups is 5. The molecule has 22 nitrogen and oxygen atoms in total. The van der Waals surface area contributed by atoms with E-state index in [1.54, 1.807) is 60.6 Å². The quantitative estimate of drug-likeness (QED) is 0.0771. The van der Waals surface area contributed by atoms with E-state index in [1.165, 1.54) is 17.5 Å². The maximum Gasteiger partial charge on any atom is 0.471 e. The first-order chi connectivity index (χ1) is 38.7. The van der Waals surface area contributed by atoms with Crippen LogP contribution in [0.3, 0.4) is 0 Å². The number of likely N-dealkylation sites (tertiary alicyclic amines) is 1. The van der Waals surface area contributed by atoms with E-state index in [0.29, 0.717) is 58.6 Å². The highest BCUT2D eigenvalue weighted by Crippen LogP contribution is 2.43. The van der Waals surface area contributed by atoms with Crippen LogP contribution < -0.4 is 24.8 Å². The average molecular weight is 1100 g/mol. The number of benzene rings is 1. The standard InChI is InChI=1S/C56H66N11O11P/c1-31-22-37(15-17-62(31)38-8-10-41-42(25-38)53(71)67(52(41)70)44-11-13-48(69)66(55(44)73)34(4)78-79(74,75)76)61-18-19-63(32(2)30-61)39-9-12-47(58-29-39)60-43-23-36(28-59-51(43)77-7)40-14-16-57-50(49(40)33(3)68)65-21-20-64-45(54(65)72)24-35-26-56(5,6)27-46(35)64/h8-10,12,14,16,23-25,28-29,31-34,37,44,68H,11,13,15,17-22,26-27,30H2,1-7H3,(H,58,60)(H2,74,75,76)/t31-,32-,33+,34?,37?,44-/m0/s1/i7D3. The second-order valence-corrected chi connectivity index (χ2v) is 23.6. The van der Waals surface area contributed by atoms with E-state index in [1.807, 2.05) is 12.1 Å². The minimum Gasteiger partial charge on any atom is -0.480 e. The highest BCUT2D eigenvalue weighted by molar-refractivity contribution is 7.46. The molecule has 6 aliphatic rings. The van der Waals surface area contributed by atoms with E-state index < -0.39 is 56.9 Å². The Morgan fingerprint density at radius 1 is 0.823 bits per heavy atom. The smallest absolute Gasteiger partial charge is 0.471 e. The summed E-state index contributed by atoms with van der Waals surface area (Å²) in [5.74, 6) is -2.72. The van der Waals surface area contributed by atoms with Crippen molar-refractivity contribution in [3.8, 4) is 17.0 Å². The fourth-order valence-electron chi connectivity index (χ4n) is 12.9. The van der Waals surface area contributed by atoms with E-state index in [0.717, 1.165) is 68.5 Å². The number of hydrogen-bond acceptors (Lipinski definition) is 16. The molecular formula is C56H66N11O11P. The van der Waals surface area contributed by atoms with Gasteiger partial charge >= 0.3 is 7.82 Å². The van der Waals surface area contributed by atoms with Crippen LogP contribution in [0.15, 0.2) is 67.1 Å². The largest absolute Gasteiger partial charge is 0.480 e. The van der Waals surface area contributed by atoms with Crippen LogP contribution in [0.5, 0.6) is 5.88 Å². The van der Waals surface area contributed by atoms with Gasteiger partial charge in [-0.05, 0) is 125 Å². The van der Waals surface area contributed by atoms with Gasteiger partial charge in [-0.15, -0.1) is 0 Å². The molecule has 79 heavy (non-hydrogen) atoms. The van der Waals surface area contributed by atoms with Gasteiger partial charge in [-0.2, -0.15) is 0 Å². The first-order valence-electron chi connectivity index (χ1n) is 28.3. The Labute approximate surface area is 461 Å². The van der Waals surface area contributed by atoms with E-state index in [-0.39, 0.29) is 65.0 Å². The predicted molar refractivity (Wildman–Crippen MR) is 292 cm³/mol. The molecule has 0 saturated carbocycles. The first kappa shape index (κ1) is 50.2. The summed E-state index contributed by atoms with van der Waals surface area (Å²) in [6, 6.07) is 13.3. The van der Waals surface area contributed by atoms with Crippen LogP contribution in [0.2, 0.25) is 0 Å². The van der Waals surface area contributed by atoms with Gasteiger partial charge in [0.1, 0.15) is 35.3 Å². The second kappa shape index (κ2) is 20.5. The van der Waals surface area contributed by atoms with Crippen molar-refractivity contribution in [3.63, 3.8) is 0 Å². The summed E-state index contributed by atoms with van der Waals surface area (Å²) in [5, 5.41) is 14.6. The molecule has 3 saturated heterocycles. The van der Waals surface area contributed by atoms with E-state index in [9.17, 15) is 43.4 Å². The molecule has 3 fully saturated rings. The molecule has 4 N–H and O–H groups in total. The summed E-state index contributed by atoms with van der Waals surface area (Å²) in [6.07, 6.45) is 5.22. The number of nitrogens with zero attached hydrogens (tertiary/aromatic N) is 10. The molecule has 23 heteroatoms. The summed E-state index contributed by atoms with van der Waals surface area (Å²) in [5.41, 5.74) is 6.73. The fraction of sp³-hybridized carbons (Fsp3) is 0.464. The molecule has 0 bridgehead atoms. The van der Waals surface area contributed by atoms with E-state index in [4.69, 9.17) is 13.8 Å². The molecule has 5 amide bonds. The molecule has 4 aromatic heterocycles. The minimum absolute atomic E-state index is 0.0602. The summed E-state index contributed by atoms with van der Waals surface area (Å²) < 4.78 is 47.3. The van der Waals surface area contributed by atoms with Gasteiger partial charge in [0.05, 0.1) is 40.3 Å². The van der Waals surface area contributed by atoms with Gasteiger partial charge in [0.2, 0.25) is 11.8 Å². The number of aliphatic hydroxyl groups is 1. The number of ether oxygens (including phenoxy) is 1. The number of imide groups is 2. The Morgan fingerprint density at radius 3 is 2.32 bits per heavy atom. The van der Waals surface area contributed by atoms with Gasteiger partial charge in [-0.25, -0.2) is 19.5 Å². The first-order valence-corrected chi connectivity index (χ1v) is 28.3. The monoisotopic (exact) mass is 1100 g/mol.